The molecule has 0 spiro atoms. The summed E-state index contributed by atoms with van der Waals surface area (Å²) >= 11 is 0. The number of ether oxygens (including phenoxy) is 3. The Balaban J connectivity index is 4.42. The van der Waals surface area contributed by atoms with Gasteiger partial charge in [-0.05, 0) is 64.2 Å². The fourth-order valence-electron chi connectivity index (χ4n) is 6.59. The van der Waals surface area contributed by atoms with E-state index in [0.29, 0.717) is 19.3 Å². The maximum absolute atomic E-state index is 12.7. The van der Waals surface area contributed by atoms with E-state index in [1.165, 1.54) is 96.3 Å². The van der Waals surface area contributed by atoms with Crippen LogP contribution in [0.15, 0.2) is 85.1 Å². The molecule has 60 heavy (non-hydrogen) atoms. The van der Waals surface area contributed by atoms with E-state index in [1.54, 1.807) is 0 Å². The molecule has 0 aromatic heterocycles. The van der Waals surface area contributed by atoms with Crippen LogP contribution in [0, 0.1) is 0 Å². The highest BCUT2D eigenvalue weighted by Crippen LogP contribution is 2.15. The van der Waals surface area contributed by atoms with Crippen LogP contribution in [0.25, 0.3) is 0 Å². The Morgan fingerprint density at radius 3 is 1.27 bits per heavy atom. The highest BCUT2D eigenvalue weighted by Gasteiger charge is 2.19. The number of hydrogen-bond acceptors (Lipinski definition) is 6. The van der Waals surface area contributed by atoms with Gasteiger partial charge < -0.3 is 14.2 Å². The topological polar surface area (TPSA) is 78.9 Å². The molecular weight excluding hydrogens is 745 g/mol. The van der Waals surface area contributed by atoms with Gasteiger partial charge in [0.1, 0.15) is 13.2 Å². The minimum absolute atomic E-state index is 0.107. The molecule has 0 saturated heterocycles. The molecule has 0 aromatic rings. The van der Waals surface area contributed by atoms with Crippen LogP contribution in [-0.4, -0.2) is 37.2 Å². The second kappa shape index (κ2) is 48.3. The number of carbonyl (C=O) groups is 3. The fourth-order valence-corrected chi connectivity index (χ4v) is 6.59. The molecule has 0 radical (unpaired) electrons. The summed E-state index contributed by atoms with van der Waals surface area (Å²) in [5.74, 6) is -1.01. The standard InChI is InChI=1S/C54H90O6/c1-4-7-10-13-16-19-22-24-25-26-27-28-30-32-35-38-41-44-47-53(56)59-50-51(49-58-52(55)46-43-40-37-34-31-21-18-15-12-9-6-3)60-54(57)48-45-42-39-36-33-29-23-20-17-14-11-8-5-2/h8-9,11-12,14,17-18,20-21,23,29,33-34,37,51H,4-7,10,13,15-16,19,22,24-28,30-32,35-36,38-50H2,1-3H3/b11-8-,12-9-,17-14-,21-18-,23-20-,33-29-,37-34-. The van der Waals surface area contributed by atoms with E-state index >= 15 is 0 Å². The monoisotopic (exact) mass is 835 g/mol. The molecule has 0 heterocycles. The molecular formula is C54H90O6. The third kappa shape index (κ3) is 45.7. The second-order valence-corrected chi connectivity index (χ2v) is 16.1. The lowest BCUT2D eigenvalue weighted by Gasteiger charge is -2.18. The van der Waals surface area contributed by atoms with Crippen LogP contribution in [0.1, 0.15) is 220 Å². The molecule has 1 atom stereocenters. The lowest BCUT2D eigenvalue weighted by atomic mass is 10.0. The van der Waals surface area contributed by atoms with Gasteiger partial charge in [0.05, 0.1) is 0 Å². The predicted octanol–water partition coefficient (Wildman–Crippen LogP) is 16.0. The molecule has 0 aromatic carbocycles. The van der Waals surface area contributed by atoms with Gasteiger partial charge in [0.25, 0.3) is 0 Å². The third-order valence-electron chi connectivity index (χ3n) is 10.2. The van der Waals surface area contributed by atoms with Crippen molar-refractivity contribution in [3.63, 3.8) is 0 Å². The second-order valence-electron chi connectivity index (χ2n) is 16.1. The summed E-state index contributed by atoms with van der Waals surface area (Å²) in [6.07, 6.45) is 61.6. The first kappa shape index (κ1) is 56.6. The van der Waals surface area contributed by atoms with Crippen molar-refractivity contribution in [2.24, 2.45) is 0 Å². The van der Waals surface area contributed by atoms with Gasteiger partial charge in [0, 0.05) is 19.3 Å². The molecule has 0 fully saturated rings. The van der Waals surface area contributed by atoms with Gasteiger partial charge in [-0.3, -0.25) is 14.4 Å². The minimum Gasteiger partial charge on any atom is -0.462 e. The van der Waals surface area contributed by atoms with Gasteiger partial charge in [-0.2, -0.15) is 0 Å². The first-order valence-electron chi connectivity index (χ1n) is 24.6. The minimum atomic E-state index is -0.814. The zero-order valence-electron chi connectivity index (χ0n) is 38.9. The molecule has 0 bridgehead atoms. The summed E-state index contributed by atoms with van der Waals surface area (Å²) in [6, 6.07) is 0. The van der Waals surface area contributed by atoms with Crippen LogP contribution >= 0.6 is 0 Å². The summed E-state index contributed by atoms with van der Waals surface area (Å²) in [5.41, 5.74) is 0. The Kier molecular flexibility index (Phi) is 45.5. The summed E-state index contributed by atoms with van der Waals surface area (Å²) < 4.78 is 16.7. The number of carbonyl (C=O) groups excluding carboxylic acids is 3. The maximum Gasteiger partial charge on any atom is 0.306 e. The predicted molar refractivity (Wildman–Crippen MR) is 256 cm³/mol. The first-order chi connectivity index (χ1) is 29.5. The quantitative estimate of drug-likeness (QED) is 0.0200. The van der Waals surface area contributed by atoms with E-state index in [1.807, 2.05) is 36.5 Å². The molecule has 1 unspecified atom stereocenters. The van der Waals surface area contributed by atoms with E-state index in [2.05, 4.69) is 69.4 Å². The normalized spacial score (nSPS) is 12.8. The Morgan fingerprint density at radius 2 is 0.750 bits per heavy atom. The van der Waals surface area contributed by atoms with Crippen LogP contribution in [0.2, 0.25) is 0 Å². The Bertz CT molecular complexity index is 1190. The molecule has 342 valence electrons. The van der Waals surface area contributed by atoms with Crippen molar-refractivity contribution in [2.75, 3.05) is 13.2 Å². The highest BCUT2D eigenvalue weighted by atomic mass is 16.6. The van der Waals surface area contributed by atoms with Crippen molar-refractivity contribution < 1.29 is 28.6 Å². The van der Waals surface area contributed by atoms with E-state index in [0.717, 1.165) is 70.6 Å². The first-order valence-corrected chi connectivity index (χ1v) is 24.6. The van der Waals surface area contributed by atoms with Crippen LogP contribution in [0.3, 0.4) is 0 Å². The van der Waals surface area contributed by atoms with Crippen LogP contribution < -0.4 is 0 Å². The van der Waals surface area contributed by atoms with Gasteiger partial charge >= 0.3 is 17.9 Å². The van der Waals surface area contributed by atoms with Gasteiger partial charge in [-0.15, -0.1) is 0 Å². The highest BCUT2D eigenvalue weighted by molar-refractivity contribution is 5.71. The van der Waals surface area contributed by atoms with Crippen molar-refractivity contribution >= 4 is 17.9 Å². The van der Waals surface area contributed by atoms with Crippen LogP contribution in [0.4, 0.5) is 0 Å². The SMILES string of the molecule is CC\C=C/C=C\C=C/C=C\CCCCCC(=O)OC(COC(=O)CCC/C=C\C/C=C\C/C=C\CC)COC(=O)CCCCCCCCCCCCCCCCCCCC. The Morgan fingerprint density at radius 1 is 0.367 bits per heavy atom. The van der Waals surface area contributed by atoms with Crippen molar-refractivity contribution in [1.82, 2.24) is 0 Å². The van der Waals surface area contributed by atoms with E-state index < -0.39 is 6.10 Å². The molecule has 0 aliphatic carbocycles. The van der Waals surface area contributed by atoms with E-state index in [9.17, 15) is 14.4 Å². The average molecular weight is 835 g/mol. The number of hydrogen-bond donors (Lipinski definition) is 0. The van der Waals surface area contributed by atoms with Gasteiger partial charge in [0.2, 0.25) is 0 Å². The summed E-state index contributed by atoms with van der Waals surface area (Å²) in [7, 11) is 0. The summed E-state index contributed by atoms with van der Waals surface area (Å²) in [4.78, 5) is 37.8. The molecule has 0 saturated carbocycles. The summed E-state index contributed by atoms with van der Waals surface area (Å²) in [6.45, 7) is 6.29. The maximum atomic E-state index is 12.7. The van der Waals surface area contributed by atoms with Crippen molar-refractivity contribution in [2.45, 2.75) is 226 Å². The molecule has 0 aliphatic rings. The number of esters is 3. The van der Waals surface area contributed by atoms with Crippen LogP contribution in [0.5, 0.6) is 0 Å². The molecule has 0 amide bonds. The van der Waals surface area contributed by atoms with Gasteiger partial charge in [0.15, 0.2) is 6.10 Å². The third-order valence-corrected chi connectivity index (χ3v) is 10.2. The zero-order chi connectivity index (χ0) is 43.7. The van der Waals surface area contributed by atoms with Crippen molar-refractivity contribution in [1.29, 1.82) is 0 Å². The number of unbranched alkanes of at least 4 members (excludes halogenated alkanes) is 21. The lowest BCUT2D eigenvalue weighted by molar-refractivity contribution is -0.167. The van der Waals surface area contributed by atoms with Crippen molar-refractivity contribution in [3.05, 3.63) is 85.1 Å². The molecule has 6 nitrogen and oxygen atoms in total. The number of rotatable bonds is 43. The largest absolute Gasteiger partial charge is 0.462 e. The van der Waals surface area contributed by atoms with Gasteiger partial charge in [-0.1, -0.05) is 221 Å². The van der Waals surface area contributed by atoms with Crippen molar-refractivity contribution in [3.8, 4) is 0 Å². The smallest absolute Gasteiger partial charge is 0.306 e. The fraction of sp³-hybridized carbons (Fsp3) is 0.685. The molecule has 0 rings (SSSR count). The molecule has 0 N–H and O–H groups in total. The Hall–Kier alpha value is -3.41. The van der Waals surface area contributed by atoms with E-state index in [-0.39, 0.29) is 44.0 Å². The number of allylic oxidation sites excluding steroid dienone is 14. The Labute approximate surface area is 369 Å². The molecule has 0 aliphatic heterocycles. The molecule has 6 heteroatoms. The summed E-state index contributed by atoms with van der Waals surface area (Å²) in [5, 5.41) is 0. The lowest BCUT2D eigenvalue weighted by Crippen LogP contribution is -2.30. The average Bonchev–Trinajstić information content (AvgIpc) is 3.24. The van der Waals surface area contributed by atoms with Crippen LogP contribution in [-0.2, 0) is 28.6 Å². The van der Waals surface area contributed by atoms with Gasteiger partial charge in [-0.25, -0.2) is 0 Å². The zero-order valence-corrected chi connectivity index (χ0v) is 38.9. The van der Waals surface area contributed by atoms with E-state index in [4.69, 9.17) is 14.2 Å².